The first-order valence-electron chi connectivity index (χ1n) is 10.3. The molecule has 4 aromatic rings. The minimum atomic E-state index is -0.493. The fourth-order valence-corrected chi connectivity index (χ4v) is 3.18. The van der Waals surface area contributed by atoms with Crippen molar-refractivity contribution < 1.29 is 14.1 Å². The van der Waals surface area contributed by atoms with Crippen molar-refractivity contribution in [3.05, 3.63) is 71.9 Å². The Hall–Kier alpha value is -4.00. The lowest BCUT2D eigenvalue weighted by Crippen LogP contribution is -2.27. The first-order valence-corrected chi connectivity index (χ1v) is 10.3. The minimum absolute atomic E-state index is 0.0789. The number of aryl methyl sites for hydroxylation is 1. The number of carbonyl (C=O) groups excluding carboxylic acids is 2. The van der Waals surface area contributed by atoms with Gasteiger partial charge in [0.25, 0.3) is 11.6 Å². The molecule has 2 N–H and O–H groups in total. The van der Waals surface area contributed by atoms with E-state index in [0.29, 0.717) is 39.4 Å². The van der Waals surface area contributed by atoms with Crippen LogP contribution in [0.5, 0.6) is 0 Å². The van der Waals surface area contributed by atoms with E-state index in [2.05, 4.69) is 20.8 Å². The van der Waals surface area contributed by atoms with Crippen LogP contribution in [0.3, 0.4) is 0 Å². The van der Waals surface area contributed by atoms with E-state index in [9.17, 15) is 9.59 Å². The van der Waals surface area contributed by atoms with Crippen LogP contribution in [0, 0.1) is 12.3 Å². The molecule has 32 heavy (non-hydrogen) atoms. The van der Waals surface area contributed by atoms with E-state index >= 15 is 0 Å². The molecule has 0 saturated carbocycles. The zero-order valence-corrected chi connectivity index (χ0v) is 18.4. The van der Waals surface area contributed by atoms with E-state index in [1.165, 1.54) is 0 Å². The molecule has 0 aliphatic carbocycles. The molecule has 0 bridgehead atoms. The predicted molar refractivity (Wildman–Crippen MR) is 124 cm³/mol. The topological polar surface area (TPSA) is 97.1 Å². The number of hydrogen-bond donors (Lipinski definition) is 2. The van der Waals surface area contributed by atoms with E-state index in [-0.39, 0.29) is 11.8 Å². The number of pyridine rings is 1. The van der Waals surface area contributed by atoms with Gasteiger partial charge >= 0.3 is 0 Å². The highest BCUT2D eigenvalue weighted by Gasteiger charge is 2.22. The Balaban J connectivity index is 1.61. The molecule has 0 aliphatic heterocycles. The summed E-state index contributed by atoms with van der Waals surface area (Å²) in [6.07, 6.45) is 0. The van der Waals surface area contributed by atoms with Gasteiger partial charge in [0.05, 0.1) is 22.3 Å². The summed E-state index contributed by atoms with van der Waals surface area (Å²) in [7, 11) is 0. The Kier molecular flexibility index (Phi) is 5.48. The highest BCUT2D eigenvalue weighted by Crippen LogP contribution is 2.28. The maximum atomic E-state index is 13.2. The molecular formula is C25H24N4O3. The molecule has 7 heteroatoms. The van der Waals surface area contributed by atoms with Gasteiger partial charge in [0.2, 0.25) is 5.91 Å². The molecule has 0 spiro atoms. The standard InChI is InChI=1S/C25H24N4O3/c1-15-21-19(14-20(28-23(21)32-29-15)16-8-6-5-7-9-16)22(30)26-17-10-12-18(13-11-17)27-24(31)25(2,3)4/h5-14H,1-4H3,(H,26,30)(H,27,31). The Morgan fingerprint density at radius 1 is 0.906 bits per heavy atom. The molecule has 0 atom stereocenters. The molecule has 2 aromatic heterocycles. The van der Waals surface area contributed by atoms with Crippen LogP contribution in [-0.4, -0.2) is 22.0 Å². The molecular weight excluding hydrogens is 404 g/mol. The Morgan fingerprint density at radius 2 is 1.53 bits per heavy atom. The smallest absolute Gasteiger partial charge is 0.259 e. The van der Waals surface area contributed by atoms with Gasteiger partial charge in [-0.15, -0.1) is 0 Å². The highest BCUT2D eigenvalue weighted by atomic mass is 16.5. The number of nitrogens with zero attached hydrogens (tertiary/aromatic N) is 2. The molecule has 0 aliphatic rings. The molecule has 0 fully saturated rings. The number of aromatic nitrogens is 2. The maximum Gasteiger partial charge on any atom is 0.259 e. The number of amides is 2. The summed E-state index contributed by atoms with van der Waals surface area (Å²) in [5.41, 5.74) is 3.60. The second-order valence-electron chi connectivity index (χ2n) is 8.60. The van der Waals surface area contributed by atoms with E-state index in [4.69, 9.17) is 4.52 Å². The summed E-state index contributed by atoms with van der Waals surface area (Å²) in [4.78, 5) is 29.9. The van der Waals surface area contributed by atoms with Gasteiger partial charge in [-0.05, 0) is 37.3 Å². The van der Waals surface area contributed by atoms with Crippen LogP contribution < -0.4 is 10.6 Å². The molecule has 2 amide bonds. The lowest BCUT2D eigenvalue weighted by molar-refractivity contribution is -0.123. The second kappa shape index (κ2) is 8.26. The molecule has 4 rings (SSSR count). The van der Waals surface area contributed by atoms with Gasteiger partial charge in [-0.2, -0.15) is 0 Å². The van der Waals surface area contributed by atoms with Gasteiger partial charge in [0.1, 0.15) is 0 Å². The molecule has 0 unspecified atom stereocenters. The second-order valence-corrected chi connectivity index (χ2v) is 8.60. The van der Waals surface area contributed by atoms with E-state index < -0.39 is 5.41 Å². The summed E-state index contributed by atoms with van der Waals surface area (Å²) >= 11 is 0. The third kappa shape index (κ3) is 4.37. The molecule has 162 valence electrons. The van der Waals surface area contributed by atoms with Crippen LogP contribution in [-0.2, 0) is 4.79 Å². The molecule has 2 aromatic carbocycles. The Bertz CT molecular complexity index is 1290. The average Bonchev–Trinajstić information content (AvgIpc) is 3.15. The SMILES string of the molecule is Cc1noc2nc(-c3ccccc3)cc(C(=O)Nc3ccc(NC(=O)C(C)(C)C)cc3)c12. The fraction of sp³-hybridized carbons (Fsp3) is 0.200. The van der Waals surface area contributed by atoms with Gasteiger partial charge in [0, 0.05) is 22.4 Å². The zero-order chi connectivity index (χ0) is 22.9. The first-order chi connectivity index (χ1) is 15.2. The third-order valence-electron chi connectivity index (χ3n) is 5.01. The predicted octanol–water partition coefficient (Wildman–Crippen LogP) is 5.44. The van der Waals surface area contributed by atoms with E-state index in [1.807, 2.05) is 51.1 Å². The quantitative estimate of drug-likeness (QED) is 0.451. The number of nitrogens with one attached hydrogen (secondary N) is 2. The van der Waals surface area contributed by atoms with Crippen LogP contribution in [0.25, 0.3) is 22.4 Å². The van der Waals surface area contributed by atoms with Crippen LogP contribution in [0.2, 0.25) is 0 Å². The van der Waals surface area contributed by atoms with E-state index in [1.54, 1.807) is 37.3 Å². The van der Waals surface area contributed by atoms with Crippen molar-refractivity contribution in [1.29, 1.82) is 0 Å². The highest BCUT2D eigenvalue weighted by molar-refractivity contribution is 6.13. The number of rotatable bonds is 4. The van der Waals surface area contributed by atoms with Gasteiger partial charge in [-0.1, -0.05) is 56.3 Å². The normalized spacial score (nSPS) is 11.4. The molecule has 2 heterocycles. The summed E-state index contributed by atoms with van der Waals surface area (Å²) in [6.45, 7) is 7.33. The Labute approximate surface area is 185 Å². The maximum absolute atomic E-state index is 13.2. The average molecular weight is 428 g/mol. The van der Waals surface area contributed by atoms with Crippen molar-refractivity contribution in [1.82, 2.24) is 10.1 Å². The number of benzene rings is 2. The van der Waals surface area contributed by atoms with Crippen molar-refractivity contribution in [2.75, 3.05) is 10.6 Å². The van der Waals surface area contributed by atoms with Crippen LogP contribution in [0.15, 0.2) is 65.2 Å². The largest absolute Gasteiger partial charge is 0.335 e. The van der Waals surface area contributed by atoms with Crippen molar-refractivity contribution in [3.63, 3.8) is 0 Å². The van der Waals surface area contributed by atoms with Gasteiger partial charge in [-0.25, -0.2) is 4.98 Å². The zero-order valence-electron chi connectivity index (χ0n) is 18.4. The number of anilines is 2. The Morgan fingerprint density at radius 3 is 2.16 bits per heavy atom. The van der Waals surface area contributed by atoms with Crippen LogP contribution in [0.1, 0.15) is 36.8 Å². The fourth-order valence-electron chi connectivity index (χ4n) is 3.18. The monoisotopic (exact) mass is 428 g/mol. The van der Waals surface area contributed by atoms with Gasteiger partial charge in [-0.3, -0.25) is 9.59 Å². The molecule has 7 nitrogen and oxygen atoms in total. The molecule has 0 saturated heterocycles. The summed E-state index contributed by atoms with van der Waals surface area (Å²) in [5, 5.41) is 10.3. The van der Waals surface area contributed by atoms with Gasteiger partial charge < -0.3 is 15.2 Å². The van der Waals surface area contributed by atoms with Gasteiger partial charge in [0.15, 0.2) is 0 Å². The lowest BCUT2D eigenvalue weighted by atomic mass is 9.95. The number of carbonyl (C=O) groups is 2. The van der Waals surface area contributed by atoms with Crippen molar-refractivity contribution in [2.24, 2.45) is 5.41 Å². The summed E-state index contributed by atoms with van der Waals surface area (Å²) in [6, 6.07) is 18.3. The van der Waals surface area contributed by atoms with Crippen molar-refractivity contribution in [3.8, 4) is 11.3 Å². The summed E-state index contributed by atoms with van der Waals surface area (Å²) in [5.74, 6) is -0.378. The van der Waals surface area contributed by atoms with Crippen LogP contribution in [0.4, 0.5) is 11.4 Å². The number of hydrogen-bond acceptors (Lipinski definition) is 5. The first kappa shape index (κ1) is 21.2. The molecule has 0 radical (unpaired) electrons. The summed E-state index contributed by atoms with van der Waals surface area (Å²) < 4.78 is 5.35. The van der Waals surface area contributed by atoms with Crippen LogP contribution >= 0.6 is 0 Å². The van der Waals surface area contributed by atoms with E-state index in [0.717, 1.165) is 5.56 Å². The lowest BCUT2D eigenvalue weighted by Gasteiger charge is -2.17. The third-order valence-corrected chi connectivity index (χ3v) is 5.01. The minimum Gasteiger partial charge on any atom is -0.335 e. The van der Waals surface area contributed by atoms with Crippen molar-refractivity contribution >= 4 is 34.3 Å². The van der Waals surface area contributed by atoms with Crippen molar-refractivity contribution in [2.45, 2.75) is 27.7 Å². The number of fused-ring (bicyclic) bond motifs is 1.